The highest BCUT2D eigenvalue weighted by Crippen LogP contribution is 2.49. The van der Waals surface area contributed by atoms with Gasteiger partial charge in [0, 0.05) is 36.9 Å². The van der Waals surface area contributed by atoms with Gasteiger partial charge in [-0.3, -0.25) is 9.59 Å². The Bertz CT molecular complexity index is 2470. The third-order valence-corrected chi connectivity index (χ3v) is 12.7. The first-order chi connectivity index (χ1) is 28.8. The summed E-state index contributed by atoms with van der Waals surface area (Å²) in [6, 6.07) is 18.2. The fourth-order valence-electron chi connectivity index (χ4n) is 9.84. The van der Waals surface area contributed by atoms with Crippen LogP contribution in [0.25, 0.3) is 43.7 Å². The van der Waals surface area contributed by atoms with Crippen molar-refractivity contribution in [2.75, 3.05) is 44.5 Å². The van der Waals surface area contributed by atoms with E-state index >= 15 is 0 Å². The lowest BCUT2D eigenvalue weighted by atomic mass is 9.85. The molecule has 4 amide bonds. The second kappa shape index (κ2) is 16.2. The SMILES string of the molecule is COC[C@H]1C[C@@H](C2([C@@H]3CCCN3C(=O)[C@@H](NC(=O)OC)C(C)C)Nc3ccc4cc(-c5ccc6c(ccc7[nH]cnc76)c5)ccc4c3N2)N(C(=O)[C@@H](NC(=O)O)C(C)C)C1. The summed E-state index contributed by atoms with van der Waals surface area (Å²) in [7, 11) is 2.90. The monoisotopic (exact) mass is 818 g/mol. The summed E-state index contributed by atoms with van der Waals surface area (Å²) in [5, 5.41) is 27.0. The van der Waals surface area contributed by atoms with Crippen LogP contribution in [0.15, 0.2) is 67.0 Å². The molecule has 2 saturated heterocycles. The first-order valence-corrected chi connectivity index (χ1v) is 20.8. The second-order valence-electron chi connectivity index (χ2n) is 17.1. The molecule has 316 valence electrons. The zero-order chi connectivity index (χ0) is 42.5. The number of H-pyrrole nitrogens is 1. The molecule has 6 atom stereocenters. The quantitative estimate of drug-likeness (QED) is 0.0848. The molecule has 3 aliphatic rings. The topological polar surface area (TPSA) is 190 Å². The molecular formula is C45H54N8O7. The summed E-state index contributed by atoms with van der Waals surface area (Å²) >= 11 is 0. The summed E-state index contributed by atoms with van der Waals surface area (Å²) in [4.78, 5) is 65.3. The molecule has 0 bridgehead atoms. The molecule has 3 aliphatic heterocycles. The minimum Gasteiger partial charge on any atom is -0.465 e. The first-order valence-electron chi connectivity index (χ1n) is 20.8. The van der Waals surface area contributed by atoms with Crippen molar-refractivity contribution in [3.05, 3.63) is 67.0 Å². The second-order valence-corrected chi connectivity index (χ2v) is 17.1. The molecule has 1 unspecified atom stereocenters. The number of carbonyl (C=O) groups excluding carboxylic acids is 3. The Hall–Kier alpha value is -6.09. The van der Waals surface area contributed by atoms with Crippen LogP contribution in [0.3, 0.4) is 0 Å². The first kappa shape index (κ1) is 40.7. The average Bonchev–Trinajstić information content (AvgIpc) is 4.06. The molecule has 0 radical (unpaired) electrons. The van der Waals surface area contributed by atoms with Gasteiger partial charge in [-0.2, -0.15) is 0 Å². The number of imidazole rings is 1. The van der Waals surface area contributed by atoms with Gasteiger partial charge in [-0.1, -0.05) is 64.1 Å². The molecule has 4 aromatic carbocycles. The number of ether oxygens (including phenoxy) is 2. The maximum absolute atomic E-state index is 14.7. The third kappa shape index (κ3) is 7.18. The molecule has 0 saturated carbocycles. The van der Waals surface area contributed by atoms with Crippen LogP contribution >= 0.6 is 0 Å². The Morgan fingerprint density at radius 3 is 2.20 bits per heavy atom. The standard InChI is InChI=1S/C45H54N8O7/c1-24(2)37(48-43(56)57)42(55)53-21-26(22-59-5)18-36(53)45(35-8-7-17-52(35)41(54)38(25(3)4)49-44(58)60-6)50-34-16-12-30-20-28(10-14-32(30)40(34)51-45)27-9-13-31-29(19-27)11-15-33-39(31)47-23-46-33/h9-16,19-20,23-26,35-38,48,50-51H,7-8,17-18,21-22H2,1-6H3,(H,46,47)(H,49,58)(H,56,57)/t26-,35-,36-,37-,38-,45?/m0/s1. The number of aromatic nitrogens is 2. The van der Waals surface area contributed by atoms with E-state index in [1.165, 1.54) is 7.11 Å². The van der Waals surface area contributed by atoms with Gasteiger partial charge >= 0.3 is 12.2 Å². The fraction of sp³-hybridized carbons (Fsp3) is 0.444. The van der Waals surface area contributed by atoms with Gasteiger partial charge in [-0.15, -0.1) is 0 Å². The van der Waals surface area contributed by atoms with E-state index in [9.17, 15) is 24.3 Å². The van der Waals surface area contributed by atoms with Crippen LogP contribution in [0.1, 0.15) is 47.0 Å². The van der Waals surface area contributed by atoms with Crippen molar-refractivity contribution in [1.82, 2.24) is 30.4 Å². The number of nitrogens with one attached hydrogen (secondary N) is 5. The lowest BCUT2D eigenvalue weighted by molar-refractivity contribution is -0.138. The molecule has 8 rings (SSSR count). The number of carbonyl (C=O) groups is 4. The van der Waals surface area contributed by atoms with Gasteiger partial charge in [0.1, 0.15) is 17.7 Å². The Labute approximate surface area is 348 Å². The molecule has 6 N–H and O–H groups in total. The number of alkyl carbamates (subject to hydrolysis) is 1. The van der Waals surface area contributed by atoms with Crippen molar-refractivity contribution < 1.29 is 33.8 Å². The third-order valence-electron chi connectivity index (χ3n) is 12.7. The van der Waals surface area contributed by atoms with Crippen molar-refractivity contribution in [2.45, 2.75) is 76.8 Å². The van der Waals surface area contributed by atoms with Crippen LogP contribution < -0.4 is 21.3 Å². The summed E-state index contributed by atoms with van der Waals surface area (Å²) in [6.45, 7) is 8.57. The van der Waals surface area contributed by atoms with Crippen LogP contribution in [0.2, 0.25) is 0 Å². The maximum Gasteiger partial charge on any atom is 0.407 e. The molecule has 0 spiro atoms. The van der Waals surface area contributed by atoms with Crippen LogP contribution in [0, 0.1) is 17.8 Å². The minimum atomic E-state index is -1.28. The summed E-state index contributed by atoms with van der Waals surface area (Å²) in [5.41, 5.74) is 4.60. The van der Waals surface area contributed by atoms with Gasteiger partial charge in [-0.25, -0.2) is 14.6 Å². The van der Waals surface area contributed by atoms with E-state index in [4.69, 9.17) is 9.47 Å². The highest BCUT2D eigenvalue weighted by Gasteiger charge is 2.59. The number of rotatable bonds is 11. The van der Waals surface area contributed by atoms with Gasteiger partial charge in [-0.05, 0) is 77.3 Å². The zero-order valence-electron chi connectivity index (χ0n) is 34.9. The molecule has 1 aromatic heterocycles. The number of hydrogen-bond acceptors (Lipinski definition) is 9. The molecule has 60 heavy (non-hydrogen) atoms. The lowest BCUT2D eigenvalue weighted by Crippen LogP contribution is -2.70. The van der Waals surface area contributed by atoms with Gasteiger partial charge in [0.15, 0.2) is 0 Å². The Morgan fingerprint density at radius 1 is 0.850 bits per heavy atom. The number of hydrogen-bond donors (Lipinski definition) is 6. The number of carboxylic acid groups (broad SMARTS) is 1. The molecule has 15 nitrogen and oxygen atoms in total. The summed E-state index contributed by atoms with van der Waals surface area (Å²) in [5.74, 6) is -1.22. The number of fused-ring (bicyclic) bond motifs is 6. The predicted octanol–water partition coefficient (Wildman–Crippen LogP) is 6.60. The van der Waals surface area contributed by atoms with Crippen molar-refractivity contribution in [1.29, 1.82) is 0 Å². The van der Waals surface area contributed by atoms with Crippen molar-refractivity contribution >= 4 is 68.0 Å². The normalized spacial score (nSPS) is 22.2. The van der Waals surface area contributed by atoms with Gasteiger partial charge in [0.25, 0.3) is 0 Å². The van der Waals surface area contributed by atoms with Crippen molar-refractivity contribution in [3.8, 4) is 11.1 Å². The lowest BCUT2D eigenvalue weighted by Gasteiger charge is -2.48. The fourth-order valence-corrected chi connectivity index (χ4v) is 9.84. The smallest absolute Gasteiger partial charge is 0.407 e. The molecular weight excluding hydrogens is 765 g/mol. The summed E-state index contributed by atoms with van der Waals surface area (Å²) in [6.07, 6.45) is 1.56. The van der Waals surface area contributed by atoms with E-state index in [1.807, 2.05) is 44.7 Å². The predicted molar refractivity (Wildman–Crippen MR) is 231 cm³/mol. The van der Waals surface area contributed by atoms with E-state index in [0.717, 1.165) is 55.1 Å². The van der Waals surface area contributed by atoms with E-state index in [-0.39, 0.29) is 29.6 Å². The minimum absolute atomic E-state index is 0.0638. The van der Waals surface area contributed by atoms with E-state index in [2.05, 4.69) is 79.8 Å². The average molecular weight is 819 g/mol. The number of likely N-dealkylation sites (tertiary alicyclic amines) is 2. The Morgan fingerprint density at radius 2 is 1.52 bits per heavy atom. The number of nitrogens with zero attached hydrogens (tertiary/aromatic N) is 3. The molecule has 15 heteroatoms. The molecule has 4 heterocycles. The van der Waals surface area contributed by atoms with Crippen LogP contribution in [0.4, 0.5) is 21.0 Å². The highest BCUT2D eigenvalue weighted by atomic mass is 16.5. The Kier molecular flexibility index (Phi) is 11.0. The van der Waals surface area contributed by atoms with Gasteiger partial charge < -0.3 is 50.6 Å². The Balaban J connectivity index is 1.22. The van der Waals surface area contributed by atoms with Crippen molar-refractivity contribution in [3.63, 3.8) is 0 Å². The largest absolute Gasteiger partial charge is 0.465 e. The molecule has 2 fully saturated rings. The van der Waals surface area contributed by atoms with Crippen molar-refractivity contribution in [2.24, 2.45) is 17.8 Å². The summed E-state index contributed by atoms with van der Waals surface area (Å²) < 4.78 is 10.6. The highest BCUT2D eigenvalue weighted by molar-refractivity contribution is 6.07. The number of anilines is 2. The van der Waals surface area contributed by atoms with E-state index in [0.29, 0.717) is 39.0 Å². The maximum atomic E-state index is 14.7. The number of benzene rings is 4. The van der Waals surface area contributed by atoms with E-state index < -0.39 is 42.0 Å². The molecule has 0 aliphatic carbocycles. The van der Waals surface area contributed by atoms with Gasteiger partial charge in [0.2, 0.25) is 11.8 Å². The van der Waals surface area contributed by atoms with Crippen LogP contribution in [-0.2, 0) is 19.1 Å². The van der Waals surface area contributed by atoms with Gasteiger partial charge in [0.05, 0.1) is 54.5 Å². The number of aromatic amines is 1. The zero-order valence-corrected chi connectivity index (χ0v) is 34.9. The number of amides is 4. The van der Waals surface area contributed by atoms with Crippen LogP contribution in [0.5, 0.6) is 0 Å². The van der Waals surface area contributed by atoms with Crippen LogP contribution in [-0.4, -0.2) is 113 Å². The number of methoxy groups -OCH3 is 2. The molecule has 5 aromatic rings. The van der Waals surface area contributed by atoms with E-state index in [1.54, 1.807) is 18.3 Å².